The highest BCUT2D eigenvalue weighted by atomic mass is 19.4. The summed E-state index contributed by atoms with van der Waals surface area (Å²) in [6.45, 7) is 0.689. The third kappa shape index (κ3) is 6.02. The number of nitrogens with two attached hydrogens (primary N) is 1. The van der Waals surface area contributed by atoms with E-state index in [4.69, 9.17) is 5.73 Å². The molecule has 2 rings (SSSR count). The van der Waals surface area contributed by atoms with Gasteiger partial charge in [-0.05, 0) is 12.5 Å². The van der Waals surface area contributed by atoms with Gasteiger partial charge >= 0.3 is 6.18 Å². The number of nitrogen functional groups attached to an aromatic ring is 1. The number of carbonyl (C=O) groups is 1. The molecule has 0 aliphatic carbocycles. The molecule has 0 radical (unpaired) electrons. The van der Waals surface area contributed by atoms with Gasteiger partial charge in [-0.3, -0.25) is 19.8 Å². The van der Waals surface area contributed by atoms with Crippen LogP contribution in [-0.4, -0.2) is 72.7 Å². The zero-order chi connectivity index (χ0) is 20.9. The first-order valence-corrected chi connectivity index (χ1v) is 8.48. The Morgan fingerprint density at radius 2 is 1.89 bits per heavy atom. The summed E-state index contributed by atoms with van der Waals surface area (Å²) in [5.74, 6) is -1.53. The first-order valence-electron chi connectivity index (χ1n) is 8.48. The van der Waals surface area contributed by atoms with Crippen LogP contribution in [0, 0.1) is 15.9 Å². The number of nitrogens with zero attached hydrogens (tertiary/aromatic N) is 3. The zero-order valence-corrected chi connectivity index (χ0v) is 14.9. The van der Waals surface area contributed by atoms with Crippen LogP contribution >= 0.6 is 0 Å². The van der Waals surface area contributed by atoms with Crippen LogP contribution in [0.3, 0.4) is 0 Å². The molecular formula is C16H20F4N4O4. The van der Waals surface area contributed by atoms with E-state index in [1.54, 1.807) is 0 Å². The minimum atomic E-state index is -4.35. The molecule has 156 valence electrons. The monoisotopic (exact) mass is 408 g/mol. The van der Waals surface area contributed by atoms with E-state index in [0.717, 1.165) is 6.07 Å². The standard InChI is InChI=1S/C16H20F4N4O4/c17-11-8-12(14(21)13(9-11)24(26)27)15(25)23-5-3-22(4-6-23)2-1-7-28-10-16(18,19)20/h8-9H,1-7,10,21H2. The molecular weight excluding hydrogens is 388 g/mol. The molecule has 0 saturated carbocycles. The fraction of sp³-hybridized carbons (Fsp3) is 0.562. The third-order valence-corrected chi connectivity index (χ3v) is 4.24. The van der Waals surface area contributed by atoms with Crippen molar-refractivity contribution in [3.63, 3.8) is 0 Å². The molecule has 2 N–H and O–H groups in total. The number of carbonyl (C=O) groups excluding carboxylic acids is 1. The van der Waals surface area contributed by atoms with E-state index in [2.05, 4.69) is 4.74 Å². The summed E-state index contributed by atoms with van der Waals surface area (Å²) in [5, 5.41) is 10.9. The Balaban J connectivity index is 1.85. The van der Waals surface area contributed by atoms with Crippen molar-refractivity contribution in [3.05, 3.63) is 33.6 Å². The fourth-order valence-electron chi connectivity index (χ4n) is 2.85. The fourth-order valence-corrected chi connectivity index (χ4v) is 2.85. The largest absolute Gasteiger partial charge is 0.411 e. The Bertz CT molecular complexity index is 721. The summed E-state index contributed by atoms with van der Waals surface area (Å²) >= 11 is 0. The predicted molar refractivity (Wildman–Crippen MR) is 91.3 cm³/mol. The molecule has 1 aromatic carbocycles. The van der Waals surface area contributed by atoms with Crippen LogP contribution in [-0.2, 0) is 4.74 Å². The van der Waals surface area contributed by atoms with E-state index in [-0.39, 0.29) is 30.9 Å². The first-order chi connectivity index (χ1) is 13.1. The van der Waals surface area contributed by atoms with Crippen molar-refractivity contribution in [2.24, 2.45) is 0 Å². The maximum atomic E-state index is 13.6. The van der Waals surface area contributed by atoms with Crippen molar-refractivity contribution in [1.29, 1.82) is 0 Å². The summed E-state index contributed by atoms with van der Waals surface area (Å²) < 4.78 is 54.1. The maximum Gasteiger partial charge on any atom is 0.411 e. The molecule has 0 bridgehead atoms. The van der Waals surface area contributed by atoms with Gasteiger partial charge in [-0.2, -0.15) is 13.2 Å². The minimum absolute atomic E-state index is 0.0256. The van der Waals surface area contributed by atoms with Gasteiger partial charge in [0.1, 0.15) is 18.1 Å². The Morgan fingerprint density at radius 3 is 2.46 bits per heavy atom. The number of alkyl halides is 3. The quantitative estimate of drug-likeness (QED) is 0.244. The molecule has 1 fully saturated rings. The number of nitro benzene ring substituents is 1. The third-order valence-electron chi connectivity index (χ3n) is 4.24. The second kappa shape index (κ2) is 9.15. The number of nitro groups is 1. The van der Waals surface area contributed by atoms with Gasteiger partial charge in [0.15, 0.2) is 0 Å². The van der Waals surface area contributed by atoms with Crippen molar-refractivity contribution >= 4 is 17.3 Å². The van der Waals surface area contributed by atoms with Gasteiger partial charge in [0.05, 0.1) is 16.6 Å². The lowest BCUT2D eigenvalue weighted by Crippen LogP contribution is -2.49. The van der Waals surface area contributed by atoms with Crippen molar-refractivity contribution in [3.8, 4) is 0 Å². The van der Waals surface area contributed by atoms with Gasteiger partial charge in [0.25, 0.3) is 11.6 Å². The van der Waals surface area contributed by atoms with Gasteiger partial charge in [0.2, 0.25) is 0 Å². The van der Waals surface area contributed by atoms with Crippen LogP contribution in [0.4, 0.5) is 28.9 Å². The van der Waals surface area contributed by atoms with Gasteiger partial charge in [0, 0.05) is 39.3 Å². The molecule has 1 heterocycles. The normalized spacial score (nSPS) is 15.6. The SMILES string of the molecule is Nc1c(C(=O)N2CCN(CCCOCC(F)(F)F)CC2)cc(F)cc1[N+](=O)[O-]. The summed E-state index contributed by atoms with van der Waals surface area (Å²) in [6.07, 6.45) is -3.94. The topological polar surface area (TPSA) is 102 Å². The van der Waals surface area contributed by atoms with E-state index < -0.39 is 35.1 Å². The van der Waals surface area contributed by atoms with Crippen molar-refractivity contribution in [1.82, 2.24) is 9.80 Å². The zero-order valence-electron chi connectivity index (χ0n) is 14.9. The molecule has 1 aliphatic heterocycles. The highest BCUT2D eigenvalue weighted by Gasteiger charge is 2.28. The number of hydrogen-bond donors (Lipinski definition) is 1. The number of amides is 1. The second-order valence-corrected chi connectivity index (χ2v) is 6.30. The van der Waals surface area contributed by atoms with Crippen molar-refractivity contribution in [2.75, 3.05) is 51.7 Å². The van der Waals surface area contributed by atoms with Crippen LogP contribution in [0.25, 0.3) is 0 Å². The molecule has 8 nitrogen and oxygen atoms in total. The molecule has 0 atom stereocenters. The molecule has 28 heavy (non-hydrogen) atoms. The minimum Gasteiger partial charge on any atom is -0.393 e. The number of hydrogen-bond acceptors (Lipinski definition) is 6. The van der Waals surface area contributed by atoms with Gasteiger partial charge in [-0.1, -0.05) is 0 Å². The number of piperazine rings is 1. The Kier molecular flexibility index (Phi) is 7.13. The Hall–Kier alpha value is -2.47. The highest BCUT2D eigenvalue weighted by Crippen LogP contribution is 2.28. The average Bonchev–Trinajstić information content (AvgIpc) is 2.62. The maximum absolute atomic E-state index is 13.6. The lowest BCUT2D eigenvalue weighted by molar-refractivity contribution is -0.384. The first kappa shape index (κ1) is 21.8. The smallest absolute Gasteiger partial charge is 0.393 e. The Morgan fingerprint density at radius 1 is 1.25 bits per heavy atom. The van der Waals surface area contributed by atoms with Gasteiger partial charge in [-0.25, -0.2) is 4.39 Å². The van der Waals surface area contributed by atoms with Crippen molar-refractivity contribution in [2.45, 2.75) is 12.6 Å². The molecule has 1 amide bonds. The summed E-state index contributed by atoms with van der Waals surface area (Å²) in [6, 6.07) is 1.53. The van der Waals surface area contributed by atoms with E-state index >= 15 is 0 Å². The van der Waals surface area contributed by atoms with E-state index in [9.17, 15) is 32.5 Å². The highest BCUT2D eigenvalue weighted by molar-refractivity contribution is 6.01. The van der Waals surface area contributed by atoms with E-state index in [1.807, 2.05) is 4.90 Å². The van der Waals surface area contributed by atoms with Crippen molar-refractivity contribution < 1.29 is 32.0 Å². The molecule has 0 aromatic heterocycles. The number of halogens is 4. The molecule has 0 unspecified atom stereocenters. The molecule has 1 aliphatic rings. The lowest BCUT2D eigenvalue weighted by atomic mass is 10.1. The van der Waals surface area contributed by atoms with Crippen LogP contribution in [0.2, 0.25) is 0 Å². The molecule has 12 heteroatoms. The Labute approximate surface area is 158 Å². The van der Waals surface area contributed by atoms with E-state index in [0.29, 0.717) is 32.1 Å². The average molecular weight is 408 g/mol. The summed E-state index contributed by atoms with van der Waals surface area (Å²) in [4.78, 5) is 26.0. The number of rotatable bonds is 7. The second-order valence-electron chi connectivity index (χ2n) is 6.30. The van der Waals surface area contributed by atoms with Crippen LogP contribution < -0.4 is 5.73 Å². The summed E-state index contributed by atoms with van der Waals surface area (Å²) in [5.41, 5.74) is 4.34. The van der Waals surface area contributed by atoms with Crippen LogP contribution in [0.15, 0.2) is 12.1 Å². The summed E-state index contributed by atoms with van der Waals surface area (Å²) in [7, 11) is 0. The predicted octanol–water partition coefficient (Wildman–Crippen LogP) is 2.04. The molecule has 1 saturated heterocycles. The van der Waals surface area contributed by atoms with Crippen LogP contribution in [0.5, 0.6) is 0 Å². The lowest BCUT2D eigenvalue weighted by Gasteiger charge is -2.34. The number of anilines is 1. The number of benzene rings is 1. The van der Waals surface area contributed by atoms with E-state index in [1.165, 1.54) is 4.90 Å². The van der Waals surface area contributed by atoms with Gasteiger partial charge in [-0.15, -0.1) is 0 Å². The molecule has 1 aromatic rings. The van der Waals surface area contributed by atoms with Gasteiger partial charge < -0.3 is 15.4 Å². The number of ether oxygens (including phenoxy) is 1. The van der Waals surface area contributed by atoms with Crippen LogP contribution in [0.1, 0.15) is 16.8 Å². The molecule has 0 spiro atoms.